The molecule has 0 saturated carbocycles. The van der Waals surface area contributed by atoms with Gasteiger partial charge in [-0.05, 0) is 25.3 Å². The molecule has 100 valence electrons. The minimum atomic E-state index is -0.223. The Morgan fingerprint density at radius 2 is 2.37 bits per heavy atom. The van der Waals surface area contributed by atoms with Gasteiger partial charge >= 0.3 is 0 Å². The van der Waals surface area contributed by atoms with E-state index in [1.54, 1.807) is 18.5 Å². The number of pyridine rings is 1. The fourth-order valence-corrected chi connectivity index (χ4v) is 2.55. The summed E-state index contributed by atoms with van der Waals surface area (Å²) in [5, 5.41) is 8.76. The smallest absolute Gasteiger partial charge is 0.255 e. The van der Waals surface area contributed by atoms with E-state index in [-0.39, 0.29) is 18.6 Å². The lowest BCUT2D eigenvalue weighted by molar-refractivity contribution is 0.0743. The first-order valence-corrected chi connectivity index (χ1v) is 6.48. The van der Waals surface area contributed by atoms with Crippen LogP contribution in [-0.4, -0.2) is 40.1 Å². The van der Waals surface area contributed by atoms with E-state index in [9.17, 15) is 4.79 Å². The highest BCUT2D eigenvalue weighted by Gasteiger charge is 2.31. The molecule has 0 aliphatic carbocycles. The highest BCUT2D eigenvalue weighted by molar-refractivity contribution is 5.97. The Morgan fingerprint density at radius 1 is 1.58 bits per heavy atom. The SMILES string of the molecule is CC1CC(C)N(C(=O)c2ccncc2C#CCO)C1. The van der Waals surface area contributed by atoms with Crippen molar-refractivity contribution in [3.63, 3.8) is 0 Å². The maximum Gasteiger partial charge on any atom is 0.255 e. The summed E-state index contributed by atoms with van der Waals surface area (Å²) in [6.45, 7) is 4.79. The standard InChI is InChI=1S/C15H18N2O2/c1-11-8-12(2)17(10-11)15(19)14-5-6-16-9-13(14)4-3-7-18/h5-6,9,11-12,18H,7-8,10H2,1-2H3. The molecule has 1 fully saturated rings. The molecule has 2 rings (SSSR count). The number of likely N-dealkylation sites (tertiary alicyclic amines) is 1. The molecule has 1 aliphatic heterocycles. The average molecular weight is 258 g/mol. The van der Waals surface area contributed by atoms with Gasteiger partial charge < -0.3 is 10.0 Å². The first kappa shape index (κ1) is 13.6. The Bertz CT molecular complexity index is 530. The number of aliphatic hydroxyl groups is 1. The van der Waals surface area contributed by atoms with Crippen molar-refractivity contribution in [3.05, 3.63) is 29.6 Å². The fraction of sp³-hybridized carbons (Fsp3) is 0.467. The summed E-state index contributed by atoms with van der Waals surface area (Å²) in [6, 6.07) is 1.95. The quantitative estimate of drug-likeness (QED) is 0.772. The van der Waals surface area contributed by atoms with Crippen LogP contribution in [0.1, 0.15) is 36.2 Å². The first-order valence-electron chi connectivity index (χ1n) is 6.48. The predicted molar refractivity (Wildman–Crippen MR) is 72.5 cm³/mol. The second kappa shape index (κ2) is 5.85. The number of hydrogen-bond donors (Lipinski definition) is 1. The third-order valence-corrected chi connectivity index (χ3v) is 3.40. The molecular formula is C15H18N2O2. The monoisotopic (exact) mass is 258 g/mol. The molecule has 0 aromatic carbocycles. The van der Waals surface area contributed by atoms with Gasteiger partial charge in [-0.2, -0.15) is 0 Å². The fourth-order valence-electron chi connectivity index (χ4n) is 2.55. The van der Waals surface area contributed by atoms with E-state index in [2.05, 4.69) is 30.7 Å². The second-order valence-corrected chi connectivity index (χ2v) is 5.03. The normalized spacial score (nSPS) is 21.9. The van der Waals surface area contributed by atoms with E-state index in [4.69, 9.17) is 5.11 Å². The molecule has 2 heterocycles. The highest BCUT2D eigenvalue weighted by atomic mass is 16.2. The molecule has 1 N–H and O–H groups in total. The van der Waals surface area contributed by atoms with Gasteiger partial charge in [0.05, 0.1) is 11.1 Å². The van der Waals surface area contributed by atoms with Gasteiger partial charge in [-0.15, -0.1) is 0 Å². The molecule has 4 heteroatoms. The lowest BCUT2D eigenvalue weighted by Gasteiger charge is -2.22. The van der Waals surface area contributed by atoms with E-state index in [1.165, 1.54) is 0 Å². The predicted octanol–water partition coefficient (Wildman–Crippen LogP) is 1.30. The Kier molecular flexibility index (Phi) is 4.18. The maximum absolute atomic E-state index is 12.6. The molecular weight excluding hydrogens is 240 g/mol. The molecule has 1 saturated heterocycles. The lowest BCUT2D eigenvalue weighted by Crippen LogP contribution is -2.34. The van der Waals surface area contributed by atoms with Crippen LogP contribution in [0.15, 0.2) is 18.5 Å². The van der Waals surface area contributed by atoms with Crippen LogP contribution in [0.5, 0.6) is 0 Å². The third kappa shape index (κ3) is 2.94. The summed E-state index contributed by atoms with van der Waals surface area (Å²) >= 11 is 0. The van der Waals surface area contributed by atoms with Crippen molar-refractivity contribution in [1.29, 1.82) is 0 Å². The van der Waals surface area contributed by atoms with Crippen LogP contribution in [0, 0.1) is 17.8 Å². The summed E-state index contributed by atoms with van der Waals surface area (Å²) in [6.07, 6.45) is 4.20. The van der Waals surface area contributed by atoms with Crippen molar-refractivity contribution in [3.8, 4) is 11.8 Å². The number of amides is 1. The van der Waals surface area contributed by atoms with Crippen molar-refractivity contribution in [2.24, 2.45) is 5.92 Å². The Labute approximate surface area is 113 Å². The zero-order valence-electron chi connectivity index (χ0n) is 11.3. The minimum absolute atomic E-state index is 0.00138. The number of rotatable bonds is 1. The molecule has 1 aliphatic rings. The molecule has 4 nitrogen and oxygen atoms in total. The summed E-state index contributed by atoms with van der Waals surface area (Å²) in [5.41, 5.74) is 1.14. The van der Waals surface area contributed by atoms with Crippen molar-refractivity contribution < 1.29 is 9.90 Å². The molecule has 1 amide bonds. The van der Waals surface area contributed by atoms with E-state index in [1.807, 2.05) is 4.90 Å². The van der Waals surface area contributed by atoms with Gasteiger partial charge in [-0.25, -0.2) is 0 Å². The van der Waals surface area contributed by atoms with Gasteiger partial charge in [0.25, 0.3) is 5.91 Å². The van der Waals surface area contributed by atoms with Gasteiger partial charge in [0.15, 0.2) is 0 Å². The summed E-state index contributed by atoms with van der Waals surface area (Å²) in [7, 11) is 0. The average Bonchev–Trinajstić information content (AvgIpc) is 2.75. The summed E-state index contributed by atoms with van der Waals surface area (Å²) in [5.74, 6) is 5.88. The Balaban J connectivity index is 2.29. The van der Waals surface area contributed by atoms with Crippen molar-refractivity contribution in [1.82, 2.24) is 9.88 Å². The third-order valence-electron chi connectivity index (χ3n) is 3.40. The van der Waals surface area contributed by atoms with Gasteiger partial charge in [0.2, 0.25) is 0 Å². The molecule has 1 aromatic rings. The van der Waals surface area contributed by atoms with Gasteiger partial charge in [0, 0.05) is 25.0 Å². The van der Waals surface area contributed by atoms with Crippen LogP contribution in [-0.2, 0) is 0 Å². The molecule has 0 spiro atoms. The molecule has 2 atom stereocenters. The van der Waals surface area contributed by atoms with Crippen LogP contribution < -0.4 is 0 Å². The van der Waals surface area contributed by atoms with Crippen molar-refractivity contribution >= 4 is 5.91 Å². The van der Waals surface area contributed by atoms with E-state index in [0.717, 1.165) is 13.0 Å². The van der Waals surface area contributed by atoms with Crippen molar-refractivity contribution in [2.45, 2.75) is 26.3 Å². The van der Waals surface area contributed by atoms with E-state index >= 15 is 0 Å². The minimum Gasteiger partial charge on any atom is -0.384 e. The Morgan fingerprint density at radius 3 is 3.00 bits per heavy atom. The number of hydrogen-bond acceptors (Lipinski definition) is 3. The topological polar surface area (TPSA) is 53.4 Å². The molecule has 0 radical (unpaired) electrons. The number of nitrogens with zero attached hydrogens (tertiary/aromatic N) is 2. The highest BCUT2D eigenvalue weighted by Crippen LogP contribution is 2.24. The van der Waals surface area contributed by atoms with Crippen LogP contribution in [0.25, 0.3) is 0 Å². The summed E-state index contributed by atoms with van der Waals surface area (Å²) in [4.78, 5) is 18.4. The zero-order valence-corrected chi connectivity index (χ0v) is 11.3. The maximum atomic E-state index is 12.6. The second-order valence-electron chi connectivity index (χ2n) is 5.03. The zero-order chi connectivity index (χ0) is 13.8. The van der Waals surface area contributed by atoms with Crippen LogP contribution in [0.3, 0.4) is 0 Å². The van der Waals surface area contributed by atoms with E-state index in [0.29, 0.717) is 17.0 Å². The number of carbonyl (C=O) groups is 1. The number of aromatic nitrogens is 1. The van der Waals surface area contributed by atoms with Gasteiger partial charge in [0.1, 0.15) is 6.61 Å². The largest absolute Gasteiger partial charge is 0.384 e. The molecule has 19 heavy (non-hydrogen) atoms. The van der Waals surface area contributed by atoms with Crippen LogP contribution in [0.4, 0.5) is 0 Å². The number of aliphatic hydroxyl groups excluding tert-OH is 1. The van der Waals surface area contributed by atoms with Gasteiger partial charge in [-0.3, -0.25) is 9.78 Å². The summed E-state index contributed by atoms with van der Waals surface area (Å²) < 4.78 is 0. The van der Waals surface area contributed by atoms with Crippen molar-refractivity contribution in [2.75, 3.05) is 13.2 Å². The van der Waals surface area contributed by atoms with Gasteiger partial charge in [-0.1, -0.05) is 18.8 Å². The number of carbonyl (C=O) groups excluding carboxylic acids is 1. The van der Waals surface area contributed by atoms with Crippen LogP contribution >= 0.6 is 0 Å². The Hall–Kier alpha value is -1.86. The lowest BCUT2D eigenvalue weighted by atomic mass is 10.1. The molecule has 1 aromatic heterocycles. The first-order chi connectivity index (χ1) is 9.13. The molecule has 0 bridgehead atoms. The van der Waals surface area contributed by atoms with Crippen LogP contribution in [0.2, 0.25) is 0 Å². The molecule has 2 unspecified atom stereocenters. The van der Waals surface area contributed by atoms with E-state index < -0.39 is 0 Å².